The number of nitrogens with one attached hydrogen (secondary N) is 3. The number of para-hydroxylation sites is 1. The maximum atomic E-state index is 12.5. The number of H-pyrrole nitrogens is 1. The van der Waals surface area contributed by atoms with Crippen LogP contribution in [0.3, 0.4) is 0 Å². The van der Waals surface area contributed by atoms with E-state index in [0.29, 0.717) is 18.0 Å². The van der Waals surface area contributed by atoms with Gasteiger partial charge in [-0.05, 0) is 49.9 Å². The van der Waals surface area contributed by atoms with Crippen molar-refractivity contribution in [2.45, 2.75) is 58.7 Å². The van der Waals surface area contributed by atoms with E-state index >= 15 is 0 Å². The van der Waals surface area contributed by atoms with Gasteiger partial charge in [0, 0.05) is 30.1 Å². The van der Waals surface area contributed by atoms with Crippen molar-refractivity contribution >= 4 is 34.2 Å². The van der Waals surface area contributed by atoms with E-state index in [2.05, 4.69) is 52.9 Å². The largest absolute Gasteiger partial charge is 0.444 e. The number of benzene rings is 2. The quantitative estimate of drug-likeness (QED) is 0.440. The van der Waals surface area contributed by atoms with E-state index in [1.54, 1.807) is 0 Å². The zero-order chi connectivity index (χ0) is 22.4. The third-order valence-corrected chi connectivity index (χ3v) is 5.43. The van der Waals surface area contributed by atoms with E-state index in [-0.39, 0.29) is 6.04 Å². The van der Waals surface area contributed by atoms with Crippen molar-refractivity contribution in [3.05, 3.63) is 71.4 Å². The van der Waals surface area contributed by atoms with Crippen molar-refractivity contribution in [1.82, 2.24) is 15.6 Å². The summed E-state index contributed by atoms with van der Waals surface area (Å²) in [4.78, 5) is 16.3. The number of hydrogen-bond donors (Lipinski definition) is 3. The van der Waals surface area contributed by atoms with Gasteiger partial charge in [0.2, 0.25) is 0 Å². The third-order valence-electron chi connectivity index (χ3n) is 5.00. The first-order valence-corrected chi connectivity index (χ1v) is 11.1. The number of ether oxygens (including phenoxy) is 1. The van der Waals surface area contributed by atoms with Gasteiger partial charge in [-0.15, -0.1) is 0 Å². The molecule has 0 fully saturated rings. The lowest BCUT2D eigenvalue weighted by Crippen LogP contribution is -2.48. The van der Waals surface area contributed by atoms with E-state index in [9.17, 15) is 4.79 Å². The predicted molar refractivity (Wildman–Crippen MR) is 130 cm³/mol. The molecule has 6 heteroatoms. The number of carbonyl (C=O) groups excluding carboxylic acids is 1. The maximum Gasteiger partial charge on any atom is 0.408 e. The van der Waals surface area contributed by atoms with Gasteiger partial charge >= 0.3 is 6.09 Å². The van der Waals surface area contributed by atoms with Gasteiger partial charge in [-0.2, -0.15) is 0 Å². The molecule has 1 amide bonds. The first-order chi connectivity index (χ1) is 14.7. The molecule has 0 saturated carbocycles. The van der Waals surface area contributed by atoms with Gasteiger partial charge in [-0.1, -0.05) is 61.6 Å². The molecule has 1 atom stereocenters. The minimum atomic E-state index is -0.578. The van der Waals surface area contributed by atoms with E-state index in [0.717, 1.165) is 28.5 Å². The molecule has 0 bridgehead atoms. The molecular weight excluding hydrogens is 406 g/mol. The van der Waals surface area contributed by atoms with Gasteiger partial charge in [0.1, 0.15) is 5.60 Å². The fraction of sp³-hybridized carbons (Fsp3) is 0.360. The minimum Gasteiger partial charge on any atom is -0.444 e. The summed E-state index contributed by atoms with van der Waals surface area (Å²) in [6.45, 7) is 8.27. The minimum absolute atomic E-state index is 0.390. The van der Waals surface area contributed by atoms with E-state index in [1.165, 1.54) is 5.56 Å². The molecule has 3 rings (SSSR count). The summed E-state index contributed by atoms with van der Waals surface area (Å²) in [5.41, 5.74) is 4.01. The van der Waals surface area contributed by atoms with Crippen LogP contribution >= 0.6 is 12.2 Å². The van der Waals surface area contributed by atoms with E-state index < -0.39 is 11.7 Å². The number of carbonyl (C=O) groups is 1. The molecule has 0 aliphatic heterocycles. The first kappa shape index (κ1) is 22.8. The molecule has 5 nitrogen and oxygen atoms in total. The van der Waals surface area contributed by atoms with Crippen molar-refractivity contribution in [1.29, 1.82) is 0 Å². The highest BCUT2D eigenvalue weighted by atomic mass is 32.1. The summed E-state index contributed by atoms with van der Waals surface area (Å²) in [6.07, 6.45) is 3.07. The summed E-state index contributed by atoms with van der Waals surface area (Å²) in [5, 5.41) is 7.39. The van der Waals surface area contributed by atoms with Gasteiger partial charge in [-0.3, -0.25) is 0 Å². The molecule has 3 aromatic rings. The number of aryl methyl sites for hydroxylation is 1. The number of aromatic amines is 1. The average Bonchev–Trinajstić information content (AvgIpc) is 3.13. The smallest absolute Gasteiger partial charge is 0.408 e. The van der Waals surface area contributed by atoms with Crippen LogP contribution in [0.25, 0.3) is 10.9 Å². The van der Waals surface area contributed by atoms with Gasteiger partial charge in [0.05, 0.1) is 11.0 Å². The highest BCUT2D eigenvalue weighted by Gasteiger charge is 2.23. The van der Waals surface area contributed by atoms with Crippen molar-refractivity contribution in [2.75, 3.05) is 0 Å². The summed E-state index contributed by atoms with van der Waals surface area (Å²) >= 11 is 5.69. The van der Waals surface area contributed by atoms with Crippen LogP contribution in [0.1, 0.15) is 44.4 Å². The second kappa shape index (κ2) is 9.96. The lowest BCUT2D eigenvalue weighted by molar-refractivity contribution is 0.0518. The number of thiocarbonyl (C=S) groups is 1. The Morgan fingerprint density at radius 1 is 1.10 bits per heavy atom. The zero-order valence-electron chi connectivity index (χ0n) is 18.6. The summed E-state index contributed by atoms with van der Waals surface area (Å²) in [7, 11) is 0. The Hall–Kier alpha value is -2.86. The number of alkyl carbamates (subject to hydrolysis) is 1. The monoisotopic (exact) mass is 437 g/mol. The third kappa shape index (κ3) is 6.56. The Morgan fingerprint density at radius 2 is 1.77 bits per heavy atom. The molecule has 1 aromatic heterocycles. The van der Waals surface area contributed by atoms with Gasteiger partial charge < -0.3 is 20.4 Å². The van der Waals surface area contributed by atoms with Gasteiger partial charge in [0.25, 0.3) is 0 Å². The fourth-order valence-electron chi connectivity index (χ4n) is 3.38. The predicted octanol–water partition coefficient (Wildman–Crippen LogP) is 5.28. The van der Waals surface area contributed by atoms with Gasteiger partial charge in [0.15, 0.2) is 0 Å². The molecule has 0 unspecified atom stereocenters. The molecule has 31 heavy (non-hydrogen) atoms. The van der Waals surface area contributed by atoms with Crippen molar-refractivity contribution in [3.8, 4) is 0 Å². The van der Waals surface area contributed by atoms with Gasteiger partial charge in [-0.25, -0.2) is 4.79 Å². The standard InChI is InChI=1S/C25H31N3O2S/c1-5-17-10-12-18(13-11-17)15-27-23(31)22(28-24(29)30-25(2,3)4)14-19-16-26-21-9-7-6-8-20(19)21/h6-13,16,22,26H,5,14-15H2,1-4H3,(H,27,31)(H,28,29)/t22-/m1/s1. The Balaban J connectivity index is 1.73. The number of aromatic nitrogens is 1. The van der Waals surface area contributed by atoms with Crippen LogP contribution in [0.2, 0.25) is 0 Å². The van der Waals surface area contributed by atoms with Crippen LogP contribution in [-0.2, 0) is 24.1 Å². The highest BCUT2D eigenvalue weighted by Crippen LogP contribution is 2.20. The van der Waals surface area contributed by atoms with Crippen molar-refractivity contribution < 1.29 is 9.53 Å². The van der Waals surface area contributed by atoms with Crippen molar-refractivity contribution in [2.24, 2.45) is 0 Å². The lowest BCUT2D eigenvalue weighted by atomic mass is 10.0. The zero-order valence-corrected chi connectivity index (χ0v) is 19.4. The normalized spacial score (nSPS) is 12.4. The van der Waals surface area contributed by atoms with E-state index in [4.69, 9.17) is 17.0 Å². The fourth-order valence-corrected chi connectivity index (χ4v) is 3.60. The van der Waals surface area contributed by atoms with Crippen LogP contribution < -0.4 is 10.6 Å². The van der Waals surface area contributed by atoms with Crippen LogP contribution in [0, 0.1) is 0 Å². The Morgan fingerprint density at radius 3 is 2.45 bits per heavy atom. The van der Waals surface area contributed by atoms with Crippen molar-refractivity contribution in [3.63, 3.8) is 0 Å². The summed E-state index contributed by atoms with van der Waals surface area (Å²) < 4.78 is 5.47. The Labute approximate surface area is 189 Å². The number of amides is 1. The van der Waals surface area contributed by atoms with Crippen LogP contribution in [-0.4, -0.2) is 27.7 Å². The van der Waals surface area contributed by atoms with E-state index in [1.807, 2.05) is 45.2 Å². The Kier molecular flexibility index (Phi) is 7.33. The number of rotatable bonds is 7. The highest BCUT2D eigenvalue weighted by molar-refractivity contribution is 7.80. The lowest BCUT2D eigenvalue weighted by Gasteiger charge is -2.24. The average molecular weight is 438 g/mol. The topological polar surface area (TPSA) is 66.2 Å². The molecule has 0 aliphatic rings. The molecule has 1 heterocycles. The number of hydrogen-bond acceptors (Lipinski definition) is 3. The second-order valence-corrected chi connectivity index (χ2v) is 9.09. The second-order valence-electron chi connectivity index (χ2n) is 8.65. The summed E-state index contributed by atoms with van der Waals surface area (Å²) in [5.74, 6) is 0. The van der Waals surface area contributed by atoms with Crippen LogP contribution in [0.5, 0.6) is 0 Å². The molecule has 2 aromatic carbocycles. The molecule has 0 radical (unpaired) electrons. The molecule has 3 N–H and O–H groups in total. The SMILES string of the molecule is CCc1ccc(CNC(=S)[C@@H](Cc2c[nH]c3ccccc23)NC(=O)OC(C)(C)C)cc1. The number of fused-ring (bicyclic) bond motifs is 1. The molecule has 0 spiro atoms. The molecular formula is C25H31N3O2S. The van der Waals surface area contributed by atoms with Crippen LogP contribution in [0.15, 0.2) is 54.7 Å². The molecule has 0 saturated heterocycles. The van der Waals surface area contributed by atoms with Crippen LogP contribution in [0.4, 0.5) is 4.79 Å². The molecule has 164 valence electrons. The first-order valence-electron chi connectivity index (χ1n) is 10.6. The maximum absolute atomic E-state index is 12.5. The Bertz CT molecular complexity index is 1030. The molecule has 0 aliphatic carbocycles. The summed E-state index contributed by atoms with van der Waals surface area (Å²) in [6, 6.07) is 16.2.